The minimum absolute atomic E-state index is 0.251. The van der Waals surface area contributed by atoms with E-state index >= 15 is 0 Å². The zero-order valence-corrected chi connectivity index (χ0v) is 9.52. The van der Waals surface area contributed by atoms with E-state index in [1.807, 2.05) is 0 Å². The van der Waals surface area contributed by atoms with Crippen LogP contribution in [0.25, 0.3) is 0 Å². The Morgan fingerprint density at radius 3 is 2.53 bits per heavy atom. The molecule has 1 rings (SSSR count). The molecule has 0 N–H and O–H groups in total. The van der Waals surface area contributed by atoms with Crippen LogP contribution in [-0.4, -0.2) is 25.2 Å². The first kappa shape index (κ1) is 14.0. The number of ether oxygens (including phenoxy) is 1. The van der Waals surface area contributed by atoms with Gasteiger partial charge in [0.25, 0.3) is 0 Å². The average Bonchev–Trinajstić information content (AvgIpc) is 2.23. The molecule has 0 unspecified atom stereocenters. The minimum Gasteiger partial charge on any atom is -0.373 e. The number of carbonyl (C=O) groups excluding carboxylic acids is 1. The number of benzene rings is 1. The fourth-order valence-electron chi connectivity index (χ4n) is 1.12. The van der Waals surface area contributed by atoms with Gasteiger partial charge < -0.3 is 4.74 Å². The maximum Gasteiger partial charge on any atom is 0.391 e. The van der Waals surface area contributed by atoms with E-state index in [2.05, 4.69) is 4.74 Å². The van der Waals surface area contributed by atoms with Crippen LogP contribution < -0.4 is 0 Å². The zero-order chi connectivity index (χ0) is 12.9. The van der Waals surface area contributed by atoms with E-state index in [0.717, 1.165) is 0 Å². The van der Waals surface area contributed by atoms with E-state index in [4.69, 9.17) is 11.6 Å². The molecule has 0 spiro atoms. The predicted molar refractivity (Wildman–Crippen MR) is 57.3 cm³/mol. The standard InChI is InChI=1S/C11H10ClF3O2/c12-9-4-2-1-3-8(9)10(16)7-17-6-5-11(13,14)15/h1-4H,5-7H2. The molecule has 0 aliphatic carbocycles. The fraction of sp³-hybridized carbons (Fsp3) is 0.364. The summed E-state index contributed by atoms with van der Waals surface area (Å²) in [6.07, 6.45) is -5.34. The third kappa shape index (κ3) is 5.19. The molecule has 0 aromatic heterocycles. The van der Waals surface area contributed by atoms with Gasteiger partial charge in [-0.1, -0.05) is 23.7 Å². The molecule has 0 aliphatic rings. The number of hydrogen-bond acceptors (Lipinski definition) is 2. The van der Waals surface area contributed by atoms with Gasteiger partial charge in [-0.2, -0.15) is 13.2 Å². The third-order valence-corrected chi connectivity index (χ3v) is 2.27. The summed E-state index contributed by atoms with van der Waals surface area (Å²) >= 11 is 5.75. The molecule has 1 aromatic carbocycles. The Kier molecular flexibility index (Phi) is 4.96. The van der Waals surface area contributed by atoms with Crippen molar-refractivity contribution in [3.63, 3.8) is 0 Å². The first-order chi connectivity index (χ1) is 7.90. The maximum atomic E-state index is 11.8. The Morgan fingerprint density at radius 1 is 1.29 bits per heavy atom. The molecule has 0 radical (unpaired) electrons. The second kappa shape index (κ2) is 6.02. The lowest BCUT2D eigenvalue weighted by Crippen LogP contribution is -2.15. The molecular weight excluding hydrogens is 257 g/mol. The van der Waals surface area contributed by atoms with Crippen LogP contribution in [0.5, 0.6) is 0 Å². The maximum absolute atomic E-state index is 11.8. The minimum atomic E-state index is -4.27. The number of hydrogen-bond donors (Lipinski definition) is 0. The van der Waals surface area contributed by atoms with Gasteiger partial charge in [0.15, 0.2) is 5.78 Å². The molecule has 0 aliphatic heterocycles. The number of halogens is 4. The SMILES string of the molecule is O=C(COCCC(F)(F)F)c1ccccc1Cl. The molecule has 2 nitrogen and oxygen atoms in total. The van der Waals surface area contributed by atoms with Gasteiger partial charge in [0.1, 0.15) is 6.61 Å². The summed E-state index contributed by atoms with van der Waals surface area (Å²) in [4.78, 5) is 11.5. The van der Waals surface area contributed by atoms with Crippen molar-refractivity contribution in [2.24, 2.45) is 0 Å². The van der Waals surface area contributed by atoms with E-state index in [0.29, 0.717) is 0 Å². The van der Waals surface area contributed by atoms with Crippen LogP contribution in [0.4, 0.5) is 13.2 Å². The molecule has 0 bridgehead atoms. The normalized spacial score (nSPS) is 11.5. The van der Waals surface area contributed by atoms with Gasteiger partial charge in [-0.3, -0.25) is 4.79 Å². The zero-order valence-electron chi connectivity index (χ0n) is 8.76. The largest absolute Gasteiger partial charge is 0.391 e. The van der Waals surface area contributed by atoms with Crippen LogP contribution in [0.3, 0.4) is 0 Å². The van der Waals surface area contributed by atoms with E-state index in [9.17, 15) is 18.0 Å². The van der Waals surface area contributed by atoms with Gasteiger partial charge in [0.2, 0.25) is 0 Å². The van der Waals surface area contributed by atoms with Crippen molar-refractivity contribution in [2.45, 2.75) is 12.6 Å². The predicted octanol–water partition coefficient (Wildman–Crippen LogP) is 3.49. The number of carbonyl (C=O) groups is 1. The molecule has 0 fully saturated rings. The Bertz CT molecular complexity index is 391. The summed E-state index contributed by atoms with van der Waals surface area (Å²) in [6, 6.07) is 6.31. The average molecular weight is 267 g/mol. The highest BCUT2D eigenvalue weighted by molar-refractivity contribution is 6.34. The molecule has 94 valence electrons. The van der Waals surface area contributed by atoms with Crippen LogP contribution in [0, 0.1) is 0 Å². The van der Waals surface area contributed by atoms with Crippen LogP contribution in [0.2, 0.25) is 5.02 Å². The lowest BCUT2D eigenvalue weighted by atomic mass is 10.1. The van der Waals surface area contributed by atoms with Gasteiger partial charge in [-0.05, 0) is 12.1 Å². The van der Waals surface area contributed by atoms with Crippen LogP contribution in [-0.2, 0) is 4.74 Å². The van der Waals surface area contributed by atoms with Crippen molar-refractivity contribution in [3.8, 4) is 0 Å². The fourth-order valence-corrected chi connectivity index (χ4v) is 1.36. The van der Waals surface area contributed by atoms with E-state index < -0.39 is 31.6 Å². The van der Waals surface area contributed by atoms with Crippen LogP contribution in [0.15, 0.2) is 24.3 Å². The van der Waals surface area contributed by atoms with Crippen LogP contribution >= 0.6 is 11.6 Å². The molecule has 17 heavy (non-hydrogen) atoms. The van der Waals surface area contributed by atoms with Crippen molar-refractivity contribution >= 4 is 17.4 Å². The van der Waals surface area contributed by atoms with Crippen molar-refractivity contribution in [1.82, 2.24) is 0 Å². The summed E-state index contributed by atoms with van der Waals surface area (Å²) in [5.41, 5.74) is 0.251. The second-order valence-corrected chi connectivity index (χ2v) is 3.73. The summed E-state index contributed by atoms with van der Waals surface area (Å²) in [5.74, 6) is -0.433. The highest BCUT2D eigenvalue weighted by Gasteiger charge is 2.26. The van der Waals surface area contributed by atoms with Gasteiger partial charge >= 0.3 is 6.18 Å². The third-order valence-electron chi connectivity index (χ3n) is 1.94. The van der Waals surface area contributed by atoms with Gasteiger partial charge in [-0.15, -0.1) is 0 Å². The van der Waals surface area contributed by atoms with Crippen LogP contribution in [0.1, 0.15) is 16.8 Å². The molecule has 6 heteroatoms. The molecule has 0 saturated heterocycles. The first-order valence-electron chi connectivity index (χ1n) is 4.82. The van der Waals surface area contributed by atoms with E-state index in [1.165, 1.54) is 12.1 Å². The summed E-state index contributed by atoms with van der Waals surface area (Å²) in [5, 5.41) is 0.261. The second-order valence-electron chi connectivity index (χ2n) is 3.32. The molecule has 0 heterocycles. The highest BCUT2D eigenvalue weighted by Crippen LogP contribution is 2.19. The number of ketones is 1. The molecule has 0 amide bonds. The van der Waals surface area contributed by atoms with Gasteiger partial charge in [-0.25, -0.2) is 0 Å². The summed E-state index contributed by atoms with van der Waals surface area (Å²) in [6.45, 7) is -0.931. The Labute approximate surface area is 101 Å². The van der Waals surface area contributed by atoms with Crippen molar-refractivity contribution in [3.05, 3.63) is 34.9 Å². The monoisotopic (exact) mass is 266 g/mol. The lowest BCUT2D eigenvalue weighted by Gasteiger charge is -2.07. The first-order valence-corrected chi connectivity index (χ1v) is 5.20. The molecular formula is C11H10ClF3O2. The van der Waals surface area contributed by atoms with Crippen molar-refractivity contribution < 1.29 is 22.7 Å². The number of alkyl halides is 3. The number of rotatable bonds is 5. The lowest BCUT2D eigenvalue weighted by molar-refractivity contribution is -0.144. The van der Waals surface area contributed by atoms with Gasteiger partial charge in [0, 0.05) is 5.56 Å². The summed E-state index contributed by atoms with van der Waals surface area (Å²) in [7, 11) is 0. The van der Waals surface area contributed by atoms with Gasteiger partial charge in [0.05, 0.1) is 18.1 Å². The Hall–Kier alpha value is -1.07. The molecule has 0 atom stereocenters. The Morgan fingerprint density at radius 2 is 1.94 bits per heavy atom. The van der Waals surface area contributed by atoms with Crippen molar-refractivity contribution in [2.75, 3.05) is 13.2 Å². The van der Waals surface area contributed by atoms with Crippen molar-refractivity contribution in [1.29, 1.82) is 0 Å². The topological polar surface area (TPSA) is 26.3 Å². The van der Waals surface area contributed by atoms with E-state index in [-0.39, 0.29) is 10.6 Å². The van der Waals surface area contributed by atoms with E-state index in [1.54, 1.807) is 12.1 Å². The Balaban J connectivity index is 2.39. The number of Topliss-reactive ketones (excluding diaryl/α,β-unsaturated/α-hetero) is 1. The highest BCUT2D eigenvalue weighted by atomic mass is 35.5. The molecule has 1 aromatic rings. The summed E-state index contributed by atoms with van der Waals surface area (Å²) < 4.78 is 40.0. The quantitative estimate of drug-likeness (QED) is 0.602. The molecule has 0 saturated carbocycles. The smallest absolute Gasteiger partial charge is 0.373 e.